The van der Waals surface area contributed by atoms with Crippen LogP contribution in [-0.2, 0) is 0 Å². The number of amides is 1. The molecule has 29 heavy (non-hydrogen) atoms. The number of hydrogen-bond donors (Lipinski definition) is 0. The predicted octanol–water partition coefficient (Wildman–Crippen LogP) is 3.47. The molecule has 6 nitrogen and oxygen atoms in total. The molecular formula is C23H27N5O. The molecule has 2 aromatic heterocycles. The molecule has 3 aromatic rings. The molecular weight excluding hydrogens is 362 g/mol. The minimum absolute atomic E-state index is 0.109. The van der Waals surface area contributed by atoms with Crippen molar-refractivity contribution in [3.63, 3.8) is 0 Å². The van der Waals surface area contributed by atoms with Crippen LogP contribution in [0.5, 0.6) is 0 Å². The van der Waals surface area contributed by atoms with Crippen LogP contribution in [-0.4, -0.2) is 51.5 Å². The summed E-state index contributed by atoms with van der Waals surface area (Å²) in [6.45, 7) is 9.15. The SMILES string of the molecule is Cc1cc(C(=O)N2CCN(c3ncccn3)CC2)c(C)n1[C@H](C)c1ccccc1. The van der Waals surface area contributed by atoms with Crippen molar-refractivity contribution in [2.75, 3.05) is 31.1 Å². The number of benzene rings is 1. The Balaban J connectivity index is 1.50. The van der Waals surface area contributed by atoms with E-state index in [2.05, 4.69) is 57.5 Å². The van der Waals surface area contributed by atoms with Crippen molar-refractivity contribution in [1.82, 2.24) is 19.4 Å². The average Bonchev–Trinajstić information content (AvgIpc) is 3.08. The van der Waals surface area contributed by atoms with Gasteiger partial charge < -0.3 is 14.4 Å². The van der Waals surface area contributed by atoms with Gasteiger partial charge in [0.15, 0.2) is 0 Å². The van der Waals surface area contributed by atoms with E-state index >= 15 is 0 Å². The van der Waals surface area contributed by atoms with Crippen LogP contribution >= 0.6 is 0 Å². The molecule has 0 N–H and O–H groups in total. The van der Waals surface area contributed by atoms with Crippen molar-refractivity contribution in [3.05, 3.63) is 77.4 Å². The predicted molar refractivity (Wildman–Crippen MR) is 114 cm³/mol. The molecule has 6 heteroatoms. The summed E-state index contributed by atoms with van der Waals surface area (Å²) in [6, 6.07) is 14.4. The van der Waals surface area contributed by atoms with Crippen LogP contribution in [0, 0.1) is 13.8 Å². The summed E-state index contributed by atoms with van der Waals surface area (Å²) in [4.78, 5) is 26.0. The Morgan fingerprint density at radius 3 is 2.28 bits per heavy atom. The first-order valence-corrected chi connectivity index (χ1v) is 10.1. The highest BCUT2D eigenvalue weighted by Gasteiger charge is 2.27. The van der Waals surface area contributed by atoms with E-state index in [0.717, 1.165) is 36.0 Å². The quantitative estimate of drug-likeness (QED) is 0.686. The molecule has 0 spiro atoms. The first kappa shape index (κ1) is 19.2. The fourth-order valence-electron chi connectivity index (χ4n) is 4.20. The van der Waals surface area contributed by atoms with E-state index in [1.54, 1.807) is 12.4 Å². The third kappa shape index (κ3) is 3.75. The lowest BCUT2D eigenvalue weighted by molar-refractivity contribution is 0.0745. The number of aromatic nitrogens is 3. The van der Waals surface area contributed by atoms with Gasteiger partial charge in [-0.2, -0.15) is 0 Å². The summed E-state index contributed by atoms with van der Waals surface area (Å²) < 4.78 is 2.26. The zero-order valence-electron chi connectivity index (χ0n) is 17.2. The van der Waals surface area contributed by atoms with E-state index in [-0.39, 0.29) is 11.9 Å². The third-order valence-corrected chi connectivity index (χ3v) is 5.79. The number of rotatable bonds is 4. The summed E-state index contributed by atoms with van der Waals surface area (Å²) >= 11 is 0. The molecule has 1 amide bonds. The summed E-state index contributed by atoms with van der Waals surface area (Å²) in [6.07, 6.45) is 3.51. The summed E-state index contributed by atoms with van der Waals surface area (Å²) in [5.41, 5.74) is 4.18. The smallest absolute Gasteiger partial charge is 0.255 e. The Kier molecular flexibility index (Phi) is 5.34. The highest BCUT2D eigenvalue weighted by Crippen LogP contribution is 2.26. The molecule has 150 valence electrons. The Morgan fingerprint density at radius 1 is 0.966 bits per heavy atom. The van der Waals surface area contributed by atoms with Crippen molar-refractivity contribution < 1.29 is 4.79 Å². The van der Waals surface area contributed by atoms with Gasteiger partial charge in [0.25, 0.3) is 5.91 Å². The highest BCUT2D eigenvalue weighted by atomic mass is 16.2. The summed E-state index contributed by atoms with van der Waals surface area (Å²) in [5.74, 6) is 0.840. The molecule has 1 aromatic carbocycles. The molecule has 1 aliphatic heterocycles. The molecule has 1 saturated heterocycles. The monoisotopic (exact) mass is 389 g/mol. The van der Waals surface area contributed by atoms with Crippen LogP contribution in [0.3, 0.4) is 0 Å². The van der Waals surface area contributed by atoms with E-state index in [1.165, 1.54) is 5.56 Å². The maximum Gasteiger partial charge on any atom is 0.255 e. The fourth-order valence-corrected chi connectivity index (χ4v) is 4.20. The fraction of sp³-hybridized carbons (Fsp3) is 0.348. The number of carbonyl (C=O) groups excluding carboxylic acids is 1. The summed E-state index contributed by atoms with van der Waals surface area (Å²) in [5, 5.41) is 0. The molecule has 4 rings (SSSR count). The Morgan fingerprint density at radius 2 is 1.62 bits per heavy atom. The molecule has 3 heterocycles. The third-order valence-electron chi connectivity index (χ3n) is 5.79. The lowest BCUT2D eigenvalue weighted by Gasteiger charge is -2.34. The largest absolute Gasteiger partial charge is 0.341 e. The van der Waals surface area contributed by atoms with Crippen LogP contribution in [0.4, 0.5) is 5.95 Å². The second-order valence-corrected chi connectivity index (χ2v) is 7.57. The highest BCUT2D eigenvalue weighted by molar-refractivity contribution is 5.96. The van der Waals surface area contributed by atoms with Gasteiger partial charge in [0, 0.05) is 50.0 Å². The van der Waals surface area contributed by atoms with E-state index in [9.17, 15) is 4.79 Å². The molecule has 1 aliphatic rings. The van der Waals surface area contributed by atoms with E-state index in [4.69, 9.17) is 0 Å². The number of hydrogen-bond acceptors (Lipinski definition) is 4. The van der Waals surface area contributed by atoms with Crippen LogP contribution in [0.1, 0.15) is 40.3 Å². The first-order chi connectivity index (χ1) is 14.1. The van der Waals surface area contributed by atoms with Crippen molar-refractivity contribution in [3.8, 4) is 0 Å². The van der Waals surface area contributed by atoms with Gasteiger partial charge in [-0.05, 0) is 38.5 Å². The molecule has 0 aliphatic carbocycles. The maximum atomic E-state index is 13.3. The zero-order valence-corrected chi connectivity index (χ0v) is 17.2. The van der Waals surface area contributed by atoms with Crippen LogP contribution in [0.15, 0.2) is 54.9 Å². The number of piperazine rings is 1. The van der Waals surface area contributed by atoms with Crippen LogP contribution in [0.2, 0.25) is 0 Å². The zero-order chi connectivity index (χ0) is 20.4. The number of anilines is 1. The molecule has 1 fully saturated rings. The van der Waals surface area contributed by atoms with Crippen molar-refractivity contribution in [2.45, 2.75) is 26.8 Å². The van der Waals surface area contributed by atoms with Crippen molar-refractivity contribution in [1.29, 1.82) is 0 Å². The van der Waals surface area contributed by atoms with Crippen LogP contribution in [0.25, 0.3) is 0 Å². The second-order valence-electron chi connectivity index (χ2n) is 7.57. The lowest BCUT2D eigenvalue weighted by Crippen LogP contribution is -2.49. The maximum absolute atomic E-state index is 13.3. The molecule has 1 atom stereocenters. The minimum Gasteiger partial charge on any atom is -0.341 e. The normalized spacial score (nSPS) is 15.4. The van der Waals surface area contributed by atoms with Gasteiger partial charge in [-0.3, -0.25) is 4.79 Å². The second kappa shape index (κ2) is 8.07. The van der Waals surface area contributed by atoms with Gasteiger partial charge in [0.05, 0.1) is 11.6 Å². The van der Waals surface area contributed by atoms with Crippen molar-refractivity contribution >= 4 is 11.9 Å². The number of aryl methyl sites for hydroxylation is 1. The Bertz CT molecular complexity index is 975. The van der Waals surface area contributed by atoms with Crippen molar-refractivity contribution in [2.24, 2.45) is 0 Å². The van der Waals surface area contributed by atoms with E-state index in [0.29, 0.717) is 13.1 Å². The number of carbonyl (C=O) groups is 1. The number of nitrogens with zero attached hydrogens (tertiary/aromatic N) is 5. The van der Waals surface area contributed by atoms with Gasteiger partial charge in [-0.25, -0.2) is 9.97 Å². The van der Waals surface area contributed by atoms with E-state index in [1.807, 2.05) is 30.0 Å². The minimum atomic E-state index is 0.109. The molecule has 0 saturated carbocycles. The molecule has 0 radical (unpaired) electrons. The topological polar surface area (TPSA) is 54.3 Å². The summed E-state index contributed by atoms with van der Waals surface area (Å²) in [7, 11) is 0. The van der Waals surface area contributed by atoms with Gasteiger partial charge in [0.1, 0.15) is 0 Å². The lowest BCUT2D eigenvalue weighted by atomic mass is 10.1. The first-order valence-electron chi connectivity index (χ1n) is 10.1. The Hall–Kier alpha value is -3.15. The van der Waals surface area contributed by atoms with Gasteiger partial charge >= 0.3 is 0 Å². The van der Waals surface area contributed by atoms with Gasteiger partial charge in [-0.15, -0.1) is 0 Å². The average molecular weight is 390 g/mol. The molecule has 0 unspecified atom stereocenters. The van der Waals surface area contributed by atoms with E-state index < -0.39 is 0 Å². The Labute approximate surface area is 171 Å². The molecule has 0 bridgehead atoms. The van der Waals surface area contributed by atoms with Gasteiger partial charge in [-0.1, -0.05) is 30.3 Å². The van der Waals surface area contributed by atoms with Gasteiger partial charge in [0.2, 0.25) is 5.95 Å². The van der Waals surface area contributed by atoms with Crippen LogP contribution < -0.4 is 4.90 Å². The standard InChI is InChI=1S/C23H27N5O/c1-17-16-21(19(3)28(17)18(2)20-8-5-4-6-9-20)22(29)26-12-14-27(15-13-26)23-24-10-7-11-25-23/h4-11,16,18H,12-15H2,1-3H3/t18-/m1/s1.